The molecule has 1 aromatic rings. The Kier molecular flexibility index (Phi) is 6.30. The number of hydrogen-bond acceptors (Lipinski definition) is 5. The average Bonchev–Trinajstić information content (AvgIpc) is 2.45. The predicted molar refractivity (Wildman–Crippen MR) is 93.9 cm³/mol. The lowest BCUT2D eigenvalue weighted by Gasteiger charge is -2.35. The summed E-state index contributed by atoms with van der Waals surface area (Å²) in [5, 5.41) is 20.2. The van der Waals surface area contributed by atoms with E-state index in [2.05, 4.69) is 4.72 Å². The van der Waals surface area contributed by atoms with Crippen LogP contribution in [0, 0.1) is 10.1 Å². The van der Waals surface area contributed by atoms with E-state index in [0.29, 0.717) is 5.56 Å². The number of benzene rings is 1. The van der Waals surface area contributed by atoms with Crippen LogP contribution < -0.4 is 4.72 Å². The summed E-state index contributed by atoms with van der Waals surface area (Å²) in [5.41, 5.74) is -0.905. The molecule has 1 unspecified atom stereocenters. The summed E-state index contributed by atoms with van der Waals surface area (Å²) in [6, 6.07) is 5.77. The number of nitro benzene ring substituents is 1. The number of carbonyl (C=O) groups is 1. The van der Waals surface area contributed by atoms with Crippen LogP contribution in [-0.2, 0) is 21.2 Å². The zero-order valence-corrected chi connectivity index (χ0v) is 15.6. The first kappa shape index (κ1) is 21.0. The summed E-state index contributed by atoms with van der Waals surface area (Å²) in [7, 11) is -3.81. The highest BCUT2D eigenvalue weighted by molar-refractivity contribution is 7.90. The first-order chi connectivity index (χ1) is 11.3. The van der Waals surface area contributed by atoms with Crippen molar-refractivity contribution in [2.45, 2.75) is 57.2 Å². The van der Waals surface area contributed by atoms with Crippen molar-refractivity contribution in [3.8, 4) is 0 Å². The summed E-state index contributed by atoms with van der Waals surface area (Å²) >= 11 is 0. The lowest BCUT2D eigenvalue weighted by molar-refractivity contribution is -0.384. The predicted octanol–water partition coefficient (Wildman–Crippen LogP) is 2.48. The molecule has 0 saturated heterocycles. The quantitative estimate of drug-likeness (QED) is 0.533. The number of sulfonamides is 1. The van der Waals surface area contributed by atoms with Gasteiger partial charge in [-0.15, -0.1) is 0 Å². The third kappa shape index (κ3) is 5.50. The highest BCUT2D eigenvalue weighted by Crippen LogP contribution is 2.27. The van der Waals surface area contributed by atoms with Gasteiger partial charge in [0, 0.05) is 17.7 Å². The number of hydrogen-bond donors (Lipinski definition) is 2. The second-order valence-corrected chi connectivity index (χ2v) is 9.46. The summed E-state index contributed by atoms with van der Waals surface area (Å²) < 4.78 is 26.6. The van der Waals surface area contributed by atoms with E-state index in [1.807, 2.05) is 0 Å². The largest absolute Gasteiger partial charge is 0.481 e. The molecule has 0 bridgehead atoms. The fraction of sp³-hybridized carbons (Fsp3) is 0.562. The van der Waals surface area contributed by atoms with Crippen molar-refractivity contribution in [2.24, 2.45) is 0 Å². The molecule has 2 N–H and O–H groups in total. The summed E-state index contributed by atoms with van der Waals surface area (Å²) in [4.78, 5) is 21.7. The molecule has 0 saturated carbocycles. The van der Waals surface area contributed by atoms with Gasteiger partial charge in [0.2, 0.25) is 10.0 Å². The van der Waals surface area contributed by atoms with Gasteiger partial charge in [0.1, 0.15) is 0 Å². The molecule has 0 aliphatic heterocycles. The molecule has 25 heavy (non-hydrogen) atoms. The monoisotopic (exact) mass is 372 g/mol. The number of non-ortho nitro benzene ring substituents is 1. The van der Waals surface area contributed by atoms with Crippen molar-refractivity contribution >= 4 is 21.7 Å². The lowest BCUT2D eigenvalue weighted by atomic mass is 9.86. The van der Waals surface area contributed by atoms with Crippen molar-refractivity contribution in [1.82, 2.24) is 4.72 Å². The Hall–Kier alpha value is -2.00. The number of rotatable bonds is 8. The molecule has 1 rings (SSSR count). The first-order valence-electron chi connectivity index (χ1n) is 7.80. The van der Waals surface area contributed by atoms with E-state index in [0.717, 1.165) is 0 Å². The Bertz CT molecular complexity index is 754. The van der Waals surface area contributed by atoms with Crippen molar-refractivity contribution in [1.29, 1.82) is 0 Å². The van der Waals surface area contributed by atoms with Crippen LogP contribution in [0.4, 0.5) is 5.69 Å². The molecule has 0 amide bonds. The minimum Gasteiger partial charge on any atom is -0.481 e. The average molecular weight is 372 g/mol. The summed E-state index contributed by atoms with van der Waals surface area (Å²) in [6.07, 6.45) is -0.175. The zero-order valence-electron chi connectivity index (χ0n) is 14.8. The summed E-state index contributed by atoms with van der Waals surface area (Å²) in [6.45, 7) is 6.24. The Morgan fingerprint density at radius 3 is 2.36 bits per heavy atom. The molecular formula is C16H24N2O6S. The highest BCUT2D eigenvalue weighted by atomic mass is 32.2. The first-order valence-corrected chi connectivity index (χ1v) is 9.29. The van der Waals surface area contributed by atoms with Gasteiger partial charge in [-0.2, -0.15) is 0 Å². The van der Waals surface area contributed by atoms with E-state index < -0.39 is 37.6 Å². The smallest absolute Gasteiger partial charge is 0.305 e. The number of nitro groups is 1. The van der Waals surface area contributed by atoms with Crippen LogP contribution in [0.1, 0.15) is 46.1 Å². The van der Waals surface area contributed by atoms with E-state index in [1.165, 1.54) is 39.0 Å². The van der Waals surface area contributed by atoms with Gasteiger partial charge in [-0.25, -0.2) is 13.1 Å². The standard InChI is InChI=1S/C16H24N2O6S/c1-5-16(11-14(19)20,17-25(23,24)15(2,3)4)10-12-7-6-8-13(9-12)18(21)22/h6-9,17H,5,10-11H2,1-4H3,(H,19,20). The molecule has 1 atom stereocenters. The van der Waals surface area contributed by atoms with Crippen LogP contribution in [0.25, 0.3) is 0 Å². The van der Waals surface area contributed by atoms with E-state index >= 15 is 0 Å². The topological polar surface area (TPSA) is 127 Å². The van der Waals surface area contributed by atoms with Crippen LogP contribution in [0.5, 0.6) is 0 Å². The molecular weight excluding hydrogens is 348 g/mol. The van der Waals surface area contributed by atoms with Crippen molar-refractivity contribution in [2.75, 3.05) is 0 Å². The maximum absolute atomic E-state index is 12.6. The van der Waals surface area contributed by atoms with E-state index in [4.69, 9.17) is 0 Å². The van der Waals surface area contributed by atoms with E-state index in [9.17, 15) is 28.4 Å². The molecule has 0 radical (unpaired) electrons. The number of aliphatic carboxylic acids is 1. The van der Waals surface area contributed by atoms with Crippen LogP contribution in [0.3, 0.4) is 0 Å². The Balaban J connectivity index is 3.31. The number of nitrogens with zero attached hydrogens (tertiary/aromatic N) is 1. The van der Waals surface area contributed by atoms with Crippen LogP contribution in [0.15, 0.2) is 24.3 Å². The van der Waals surface area contributed by atoms with Gasteiger partial charge in [-0.05, 0) is 39.2 Å². The van der Waals surface area contributed by atoms with Crippen LogP contribution >= 0.6 is 0 Å². The van der Waals surface area contributed by atoms with Gasteiger partial charge in [0.05, 0.1) is 16.1 Å². The molecule has 0 aliphatic carbocycles. The molecule has 1 aromatic carbocycles. The minimum absolute atomic E-state index is 0.0345. The third-order valence-electron chi connectivity index (χ3n) is 3.99. The molecule has 0 heterocycles. The molecule has 8 nitrogen and oxygen atoms in total. The van der Waals surface area contributed by atoms with Gasteiger partial charge in [-0.3, -0.25) is 14.9 Å². The second kappa shape index (κ2) is 7.49. The van der Waals surface area contributed by atoms with Gasteiger partial charge in [0.25, 0.3) is 5.69 Å². The van der Waals surface area contributed by atoms with Gasteiger partial charge in [0.15, 0.2) is 0 Å². The number of carboxylic acids is 1. The molecule has 0 aromatic heterocycles. The van der Waals surface area contributed by atoms with Gasteiger partial charge in [-0.1, -0.05) is 19.1 Å². The normalized spacial score (nSPS) is 14.7. The van der Waals surface area contributed by atoms with E-state index in [1.54, 1.807) is 13.0 Å². The fourth-order valence-electron chi connectivity index (χ4n) is 2.36. The third-order valence-corrected chi connectivity index (χ3v) is 6.30. The van der Waals surface area contributed by atoms with E-state index in [-0.39, 0.29) is 18.5 Å². The molecule has 0 spiro atoms. The Morgan fingerprint density at radius 1 is 1.32 bits per heavy atom. The number of nitrogens with one attached hydrogen (secondary N) is 1. The minimum atomic E-state index is -3.81. The van der Waals surface area contributed by atoms with Crippen LogP contribution in [0.2, 0.25) is 0 Å². The van der Waals surface area contributed by atoms with Crippen molar-refractivity contribution in [3.63, 3.8) is 0 Å². The molecule has 140 valence electrons. The molecule has 0 fully saturated rings. The number of carboxylic acid groups (broad SMARTS) is 1. The maximum Gasteiger partial charge on any atom is 0.305 e. The Labute approximate surface area is 147 Å². The Morgan fingerprint density at radius 2 is 1.92 bits per heavy atom. The molecule has 0 aliphatic rings. The zero-order chi connectivity index (χ0) is 19.5. The summed E-state index contributed by atoms with van der Waals surface area (Å²) in [5.74, 6) is -1.15. The van der Waals surface area contributed by atoms with Crippen molar-refractivity contribution in [3.05, 3.63) is 39.9 Å². The van der Waals surface area contributed by atoms with Gasteiger partial charge >= 0.3 is 5.97 Å². The van der Waals surface area contributed by atoms with Crippen molar-refractivity contribution < 1.29 is 23.2 Å². The van der Waals surface area contributed by atoms with Gasteiger partial charge < -0.3 is 5.11 Å². The lowest BCUT2D eigenvalue weighted by Crippen LogP contribution is -2.55. The fourth-order valence-corrected chi connectivity index (χ4v) is 3.52. The molecule has 9 heteroatoms. The maximum atomic E-state index is 12.6. The second-order valence-electron chi connectivity index (χ2n) is 7.03. The SMILES string of the molecule is CCC(CC(=O)O)(Cc1cccc([N+](=O)[O-])c1)NS(=O)(=O)C(C)(C)C. The highest BCUT2D eigenvalue weighted by Gasteiger charge is 2.40. The van der Waals surface area contributed by atoms with Crippen LogP contribution in [-0.4, -0.2) is 34.7 Å².